The lowest BCUT2D eigenvalue weighted by Gasteiger charge is -2.07. The smallest absolute Gasteiger partial charge is 0.137 e. The Morgan fingerprint density at radius 3 is 2.81 bits per heavy atom. The lowest BCUT2D eigenvalue weighted by molar-refractivity contribution is 0.320. The van der Waals surface area contributed by atoms with Crippen LogP contribution in [0.15, 0.2) is 30.5 Å². The third kappa shape index (κ3) is 4.94. The molecule has 88 valence electrons. The van der Waals surface area contributed by atoms with Crippen LogP contribution in [0.4, 0.5) is 0 Å². The Bertz CT molecular complexity index is 330. The first-order chi connectivity index (χ1) is 7.58. The summed E-state index contributed by atoms with van der Waals surface area (Å²) < 4.78 is 5.52. The summed E-state index contributed by atoms with van der Waals surface area (Å²) in [6.45, 7) is 8.44. The highest BCUT2D eigenvalue weighted by Crippen LogP contribution is 2.11. The van der Waals surface area contributed by atoms with Gasteiger partial charge in [-0.1, -0.05) is 5.57 Å². The first kappa shape index (κ1) is 12.7. The molecule has 0 saturated heterocycles. The van der Waals surface area contributed by atoms with Crippen molar-refractivity contribution >= 4 is 0 Å². The van der Waals surface area contributed by atoms with Crippen molar-refractivity contribution in [1.29, 1.82) is 0 Å². The largest absolute Gasteiger partial charge is 0.492 e. The number of hydrogen-bond donors (Lipinski definition) is 1. The van der Waals surface area contributed by atoms with Crippen LogP contribution in [0.3, 0.4) is 0 Å². The minimum Gasteiger partial charge on any atom is -0.492 e. The maximum absolute atomic E-state index is 5.70. The lowest BCUT2D eigenvalue weighted by Crippen LogP contribution is -2.18. The second-order valence-corrected chi connectivity index (χ2v) is 4.22. The zero-order valence-corrected chi connectivity index (χ0v) is 10.1. The van der Waals surface area contributed by atoms with Crippen molar-refractivity contribution in [2.24, 2.45) is 5.73 Å². The molecule has 0 aliphatic carbocycles. The fraction of sp³-hybridized carbons (Fsp3) is 0.462. The predicted octanol–water partition coefficient (Wildman–Crippen LogP) is 2.32. The first-order valence-corrected chi connectivity index (χ1v) is 5.55. The van der Waals surface area contributed by atoms with E-state index in [1.165, 1.54) is 0 Å². The van der Waals surface area contributed by atoms with Crippen molar-refractivity contribution in [2.75, 3.05) is 6.61 Å². The van der Waals surface area contributed by atoms with Gasteiger partial charge < -0.3 is 10.5 Å². The summed E-state index contributed by atoms with van der Waals surface area (Å²) in [5, 5.41) is 0. The number of pyridine rings is 1. The van der Waals surface area contributed by atoms with Crippen LogP contribution < -0.4 is 10.5 Å². The molecular weight excluding hydrogens is 200 g/mol. The van der Waals surface area contributed by atoms with Crippen LogP contribution in [0.1, 0.15) is 26.0 Å². The van der Waals surface area contributed by atoms with Gasteiger partial charge in [-0.15, -0.1) is 6.58 Å². The molecule has 1 aromatic rings. The highest BCUT2D eigenvalue weighted by molar-refractivity contribution is 5.20. The number of rotatable bonds is 6. The van der Waals surface area contributed by atoms with Gasteiger partial charge in [0.15, 0.2) is 0 Å². The summed E-state index contributed by atoms with van der Waals surface area (Å²) >= 11 is 0. The molecule has 16 heavy (non-hydrogen) atoms. The Kier molecular flexibility index (Phi) is 4.99. The van der Waals surface area contributed by atoms with Gasteiger partial charge in [-0.05, 0) is 26.0 Å². The summed E-state index contributed by atoms with van der Waals surface area (Å²) in [5.41, 5.74) is 7.82. The normalized spacial score (nSPS) is 12.2. The molecule has 1 aromatic heterocycles. The summed E-state index contributed by atoms with van der Waals surface area (Å²) in [7, 11) is 0. The van der Waals surface area contributed by atoms with Crippen LogP contribution in [0, 0.1) is 0 Å². The van der Waals surface area contributed by atoms with E-state index in [9.17, 15) is 0 Å². The van der Waals surface area contributed by atoms with Crippen LogP contribution in [0.2, 0.25) is 0 Å². The Hall–Kier alpha value is -1.35. The van der Waals surface area contributed by atoms with Gasteiger partial charge in [0.25, 0.3) is 0 Å². The number of aromatic nitrogens is 1. The van der Waals surface area contributed by atoms with E-state index in [1.807, 2.05) is 26.0 Å². The topological polar surface area (TPSA) is 48.1 Å². The zero-order valence-electron chi connectivity index (χ0n) is 10.1. The molecule has 1 unspecified atom stereocenters. The van der Waals surface area contributed by atoms with E-state index in [4.69, 9.17) is 10.5 Å². The molecule has 0 aliphatic heterocycles. The number of nitrogens with zero attached hydrogens (tertiary/aromatic N) is 1. The van der Waals surface area contributed by atoms with E-state index in [2.05, 4.69) is 11.6 Å². The maximum atomic E-state index is 5.70. The number of ether oxygens (including phenoxy) is 1. The molecule has 3 heteroatoms. The third-order valence-corrected chi connectivity index (χ3v) is 2.13. The van der Waals surface area contributed by atoms with Crippen LogP contribution in [-0.2, 0) is 6.42 Å². The molecule has 0 aromatic carbocycles. The molecule has 3 nitrogen and oxygen atoms in total. The molecule has 1 atom stereocenters. The van der Waals surface area contributed by atoms with Crippen molar-refractivity contribution in [1.82, 2.24) is 4.98 Å². The van der Waals surface area contributed by atoms with E-state index in [1.54, 1.807) is 6.20 Å². The van der Waals surface area contributed by atoms with Crippen molar-refractivity contribution < 1.29 is 4.74 Å². The van der Waals surface area contributed by atoms with Gasteiger partial charge in [-0.25, -0.2) is 0 Å². The molecule has 1 heterocycles. The Morgan fingerprint density at radius 1 is 1.56 bits per heavy atom. The average molecular weight is 220 g/mol. The van der Waals surface area contributed by atoms with Crippen LogP contribution in [-0.4, -0.2) is 17.6 Å². The summed E-state index contributed by atoms with van der Waals surface area (Å²) in [6.07, 6.45) is 3.42. The third-order valence-electron chi connectivity index (χ3n) is 2.13. The van der Waals surface area contributed by atoms with E-state index >= 15 is 0 Å². The first-order valence-electron chi connectivity index (χ1n) is 5.55. The quantitative estimate of drug-likeness (QED) is 0.748. The summed E-state index contributed by atoms with van der Waals surface area (Å²) in [5.74, 6) is 0.801. The molecule has 2 N–H and O–H groups in total. The number of nitrogens with two attached hydrogens (primary N) is 1. The van der Waals surface area contributed by atoms with Gasteiger partial charge in [0.2, 0.25) is 0 Å². The maximum Gasteiger partial charge on any atom is 0.137 e. The van der Waals surface area contributed by atoms with Gasteiger partial charge in [-0.2, -0.15) is 0 Å². The Balaban J connectivity index is 2.42. The Morgan fingerprint density at radius 2 is 2.31 bits per heavy atom. The van der Waals surface area contributed by atoms with E-state index < -0.39 is 0 Å². The van der Waals surface area contributed by atoms with Gasteiger partial charge in [-0.3, -0.25) is 4.98 Å². The summed E-state index contributed by atoms with van der Waals surface area (Å²) in [4.78, 5) is 4.29. The molecule has 0 amide bonds. The minimum absolute atomic E-state index is 0.141. The minimum atomic E-state index is 0.141. The van der Waals surface area contributed by atoms with Crippen molar-refractivity contribution in [3.63, 3.8) is 0 Å². The highest BCUT2D eigenvalue weighted by atomic mass is 16.5. The second kappa shape index (κ2) is 6.28. The van der Waals surface area contributed by atoms with E-state index in [0.717, 1.165) is 29.9 Å². The lowest BCUT2D eigenvalue weighted by atomic mass is 10.2. The van der Waals surface area contributed by atoms with Crippen molar-refractivity contribution in [3.05, 3.63) is 36.2 Å². The van der Waals surface area contributed by atoms with E-state index in [0.29, 0.717) is 6.61 Å². The van der Waals surface area contributed by atoms with Gasteiger partial charge in [0.1, 0.15) is 5.75 Å². The van der Waals surface area contributed by atoms with E-state index in [-0.39, 0.29) is 6.04 Å². The zero-order chi connectivity index (χ0) is 12.0. The summed E-state index contributed by atoms with van der Waals surface area (Å²) in [6, 6.07) is 4.03. The molecule has 0 bridgehead atoms. The van der Waals surface area contributed by atoms with Gasteiger partial charge in [0, 0.05) is 24.6 Å². The molecule has 0 saturated carbocycles. The van der Waals surface area contributed by atoms with Gasteiger partial charge >= 0.3 is 0 Å². The predicted molar refractivity (Wildman–Crippen MR) is 66.5 cm³/mol. The van der Waals surface area contributed by atoms with Crippen molar-refractivity contribution in [3.8, 4) is 5.75 Å². The number of hydrogen-bond acceptors (Lipinski definition) is 3. The molecule has 0 spiro atoms. The molecule has 0 aliphatic rings. The highest BCUT2D eigenvalue weighted by Gasteiger charge is 2.00. The fourth-order valence-electron chi connectivity index (χ4n) is 1.29. The van der Waals surface area contributed by atoms with Crippen LogP contribution >= 0.6 is 0 Å². The molecular formula is C13H20N2O. The monoisotopic (exact) mass is 220 g/mol. The van der Waals surface area contributed by atoms with Crippen molar-refractivity contribution in [2.45, 2.75) is 32.7 Å². The standard InChI is InChI=1S/C13H20N2O/c1-10(2)6-7-16-13-5-4-12(15-9-13)8-11(3)14/h4-5,9,11H,1,6-8,14H2,2-3H3. The molecule has 0 radical (unpaired) electrons. The average Bonchev–Trinajstić information content (AvgIpc) is 2.19. The van der Waals surface area contributed by atoms with Crippen LogP contribution in [0.25, 0.3) is 0 Å². The Labute approximate surface area is 97.3 Å². The molecule has 0 fully saturated rings. The van der Waals surface area contributed by atoms with Gasteiger partial charge in [0.05, 0.1) is 12.8 Å². The fourth-order valence-corrected chi connectivity index (χ4v) is 1.29. The second-order valence-electron chi connectivity index (χ2n) is 4.22. The SMILES string of the molecule is C=C(C)CCOc1ccc(CC(C)N)nc1. The van der Waals surface area contributed by atoms with Crippen LogP contribution in [0.5, 0.6) is 5.75 Å². The molecule has 1 rings (SSSR count).